The number of rotatable bonds is 1. The summed E-state index contributed by atoms with van der Waals surface area (Å²) in [5.74, 6) is 0. The Hall–Kier alpha value is -0.760. The van der Waals surface area contributed by atoms with Gasteiger partial charge in [0.2, 0.25) is 0 Å². The summed E-state index contributed by atoms with van der Waals surface area (Å²) in [7, 11) is 0. The Kier molecular flexibility index (Phi) is 1.35. The van der Waals surface area contributed by atoms with E-state index >= 15 is 0 Å². The number of hydrogen-bond acceptors (Lipinski definition) is 0. The predicted molar refractivity (Wildman–Crippen MR) is 29.9 cm³/mol. The fourth-order valence-electron chi connectivity index (χ4n) is 0.590. The van der Waals surface area contributed by atoms with Crippen LogP contribution in [0.15, 0.2) is 18.5 Å². The van der Waals surface area contributed by atoms with Gasteiger partial charge in [-0.1, -0.05) is 0 Å². The summed E-state index contributed by atoms with van der Waals surface area (Å²) in [6, 6.07) is 1.79. The second-order valence-electron chi connectivity index (χ2n) is 1.79. The molecule has 0 saturated carbocycles. The van der Waals surface area contributed by atoms with Crippen molar-refractivity contribution < 1.29 is 5.11 Å². The van der Waals surface area contributed by atoms with Crippen LogP contribution in [0.2, 0.25) is 0 Å². The van der Waals surface area contributed by atoms with Gasteiger partial charge in [-0.3, -0.25) is 0 Å². The standard InChI is InChI=1S/C6H8NO/c1-5(8)6-2-3-7-4-6/h2-5,7H,1H3. The third kappa shape index (κ3) is 0.898. The molecule has 1 heterocycles. The summed E-state index contributed by atoms with van der Waals surface area (Å²) in [5, 5.41) is 10.6. The molecule has 0 saturated heterocycles. The number of nitrogens with one attached hydrogen (secondary N) is 1. The molecule has 1 N–H and O–H groups in total. The van der Waals surface area contributed by atoms with Crippen LogP contribution in [0.1, 0.15) is 18.6 Å². The van der Waals surface area contributed by atoms with Gasteiger partial charge in [-0.15, -0.1) is 0 Å². The Morgan fingerprint density at radius 2 is 2.50 bits per heavy atom. The summed E-state index contributed by atoms with van der Waals surface area (Å²) < 4.78 is 0. The molecule has 0 bridgehead atoms. The molecular formula is C6H8NO. The number of hydrogen-bond donors (Lipinski definition) is 1. The lowest BCUT2D eigenvalue weighted by atomic mass is 10.2. The van der Waals surface area contributed by atoms with Gasteiger partial charge in [0.25, 0.3) is 0 Å². The first-order valence-electron chi connectivity index (χ1n) is 2.59. The lowest BCUT2D eigenvalue weighted by Gasteiger charge is -1.91. The Morgan fingerprint density at radius 3 is 2.75 bits per heavy atom. The summed E-state index contributed by atoms with van der Waals surface area (Å²) in [5.41, 5.74) is 0.824. The minimum absolute atomic E-state index is 0.596. The van der Waals surface area contributed by atoms with Crippen molar-refractivity contribution in [3.05, 3.63) is 24.0 Å². The second kappa shape index (κ2) is 2.01. The van der Waals surface area contributed by atoms with E-state index in [-0.39, 0.29) is 0 Å². The van der Waals surface area contributed by atoms with Crippen LogP contribution < -0.4 is 0 Å². The van der Waals surface area contributed by atoms with E-state index in [2.05, 4.69) is 4.98 Å². The SMILES string of the molecule is CC([O])c1cc[nH]c1. The topological polar surface area (TPSA) is 35.7 Å². The van der Waals surface area contributed by atoms with Crippen LogP contribution in [-0.4, -0.2) is 4.98 Å². The number of H-pyrrole nitrogens is 1. The molecule has 0 aliphatic heterocycles. The first-order valence-corrected chi connectivity index (χ1v) is 2.59. The summed E-state index contributed by atoms with van der Waals surface area (Å²) in [6.45, 7) is 1.63. The van der Waals surface area contributed by atoms with E-state index in [1.807, 2.05) is 0 Å². The fourth-order valence-corrected chi connectivity index (χ4v) is 0.590. The van der Waals surface area contributed by atoms with Crippen molar-refractivity contribution >= 4 is 0 Å². The van der Waals surface area contributed by atoms with Crippen molar-refractivity contribution in [3.8, 4) is 0 Å². The van der Waals surface area contributed by atoms with Crippen LogP contribution in [0.25, 0.3) is 0 Å². The molecular weight excluding hydrogens is 102 g/mol. The van der Waals surface area contributed by atoms with E-state index in [1.54, 1.807) is 25.4 Å². The summed E-state index contributed by atoms with van der Waals surface area (Å²) in [4.78, 5) is 2.81. The van der Waals surface area contributed by atoms with Crippen LogP contribution >= 0.6 is 0 Å². The maximum Gasteiger partial charge on any atom is 0.117 e. The average Bonchev–Trinajstić information content (AvgIpc) is 2.12. The van der Waals surface area contributed by atoms with Gasteiger partial charge in [-0.2, -0.15) is 0 Å². The molecule has 0 spiro atoms. The molecule has 43 valence electrons. The summed E-state index contributed by atoms with van der Waals surface area (Å²) >= 11 is 0. The molecule has 1 aromatic rings. The van der Waals surface area contributed by atoms with Crippen molar-refractivity contribution in [3.63, 3.8) is 0 Å². The quantitative estimate of drug-likeness (QED) is 0.568. The molecule has 2 heteroatoms. The highest BCUT2D eigenvalue weighted by Gasteiger charge is 1.99. The van der Waals surface area contributed by atoms with Crippen LogP contribution in [0.4, 0.5) is 0 Å². The van der Waals surface area contributed by atoms with E-state index < -0.39 is 6.10 Å². The maximum atomic E-state index is 10.6. The lowest BCUT2D eigenvalue weighted by molar-refractivity contribution is 0.106. The largest absolute Gasteiger partial charge is 0.367 e. The molecule has 0 aromatic carbocycles. The highest BCUT2D eigenvalue weighted by atomic mass is 16.3. The Morgan fingerprint density at radius 1 is 1.75 bits per heavy atom. The Balaban J connectivity index is 2.77. The summed E-state index contributed by atoms with van der Waals surface area (Å²) in [6.07, 6.45) is 2.88. The second-order valence-corrected chi connectivity index (χ2v) is 1.79. The highest BCUT2D eigenvalue weighted by molar-refractivity contribution is 5.10. The van der Waals surface area contributed by atoms with Gasteiger partial charge in [-0.25, -0.2) is 5.11 Å². The van der Waals surface area contributed by atoms with E-state index in [0.717, 1.165) is 5.56 Å². The molecule has 0 aliphatic rings. The normalized spacial score (nSPS) is 13.8. The lowest BCUT2D eigenvalue weighted by Crippen LogP contribution is -1.82. The first kappa shape index (κ1) is 5.38. The Bertz CT molecular complexity index is 144. The van der Waals surface area contributed by atoms with Crippen molar-refractivity contribution in [2.45, 2.75) is 13.0 Å². The molecule has 1 radical (unpaired) electrons. The van der Waals surface area contributed by atoms with E-state index in [4.69, 9.17) is 0 Å². The smallest absolute Gasteiger partial charge is 0.117 e. The molecule has 1 aromatic heterocycles. The van der Waals surface area contributed by atoms with Crippen molar-refractivity contribution in [2.24, 2.45) is 0 Å². The first-order chi connectivity index (χ1) is 3.80. The molecule has 8 heavy (non-hydrogen) atoms. The molecule has 1 rings (SSSR count). The molecule has 1 atom stereocenters. The average molecular weight is 110 g/mol. The van der Waals surface area contributed by atoms with E-state index in [9.17, 15) is 5.11 Å². The van der Waals surface area contributed by atoms with Crippen molar-refractivity contribution in [2.75, 3.05) is 0 Å². The van der Waals surface area contributed by atoms with Crippen LogP contribution in [0.5, 0.6) is 0 Å². The van der Waals surface area contributed by atoms with Gasteiger partial charge in [0.15, 0.2) is 0 Å². The minimum Gasteiger partial charge on any atom is -0.367 e. The monoisotopic (exact) mass is 110 g/mol. The third-order valence-corrected chi connectivity index (χ3v) is 1.09. The minimum atomic E-state index is -0.596. The Labute approximate surface area is 48.2 Å². The zero-order valence-electron chi connectivity index (χ0n) is 4.72. The van der Waals surface area contributed by atoms with E-state index in [0.29, 0.717) is 0 Å². The predicted octanol–water partition coefficient (Wildman–Crippen LogP) is 1.51. The third-order valence-electron chi connectivity index (χ3n) is 1.09. The number of aromatic amines is 1. The van der Waals surface area contributed by atoms with Gasteiger partial charge in [-0.05, 0) is 13.0 Å². The number of aromatic nitrogens is 1. The van der Waals surface area contributed by atoms with Gasteiger partial charge < -0.3 is 4.98 Å². The maximum absolute atomic E-state index is 10.6. The molecule has 0 aliphatic carbocycles. The van der Waals surface area contributed by atoms with Gasteiger partial charge in [0.05, 0.1) is 0 Å². The van der Waals surface area contributed by atoms with Gasteiger partial charge in [0.1, 0.15) is 6.10 Å². The van der Waals surface area contributed by atoms with Crippen LogP contribution in [0, 0.1) is 0 Å². The van der Waals surface area contributed by atoms with Crippen molar-refractivity contribution in [1.29, 1.82) is 0 Å². The molecule has 0 amide bonds. The molecule has 0 fully saturated rings. The van der Waals surface area contributed by atoms with Crippen molar-refractivity contribution in [1.82, 2.24) is 4.98 Å². The zero-order valence-corrected chi connectivity index (χ0v) is 4.72. The zero-order chi connectivity index (χ0) is 5.98. The van der Waals surface area contributed by atoms with Crippen LogP contribution in [0.3, 0.4) is 0 Å². The van der Waals surface area contributed by atoms with Crippen LogP contribution in [-0.2, 0) is 5.11 Å². The van der Waals surface area contributed by atoms with Gasteiger partial charge >= 0.3 is 0 Å². The molecule has 2 nitrogen and oxygen atoms in total. The van der Waals surface area contributed by atoms with Gasteiger partial charge in [0, 0.05) is 18.0 Å². The highest BCUT2D eigenvalue weighted by Crippen LogP contribution is 2.09. The molecule has 1 unspecified atom stereocenters. The van der Waals surface area contributed by atoms with E-state index in [1.165, 1.54) is 0 Å². The fraction of sp³-hybridized carbons (Fsp3) is 0.333.